The summed E-state index contributed by atoms with van der Waals surface area (Å²) < 4.78 is 46.0. The van der Waals surface area contributed by atoms with Crippen LogP contribution in [0.4, 0.5) is 30.8 Å². The number of halogens is 3. The van der Waals surface area contributed by atoms with Gasteiger partial charge in [-0.25, -0.2) is 14.5 Å². The molecule has 2 aromatic heterocycles. The Kier molecular flexibility index (Phi) is 3.59. The molecule has 5 rings (SSSR count). The average molecular weight is 404 g/mol. The van der Waals surface area contributed by atoms with E-state index in [4.69, 9.17) is 4.74 Å². The molecule has 0 bridgehead atoms. The Hall–Kier alpha value is -3.29. The zero-order chi connectivity index (χ0) is 20.4. The van der Waals surface area contributed by atoms with E-state index < -0.39 is 23.1 Å². The lowest BCUT2D eigenvalue weighted by molar-refractivity contribution is -0.141. The van der Waals surface area contributed by atoms with Crippen LogP contribution in [0, 0.1) is 17.8 Å². The number of nitrogens with zero attached hydrogens (tertiary/aromatic N) is 4. The third kappa shape index (κ3) is 2.62. The van der Waals surface area contributed by atoms with Crippen molar-refractivity contribution in [3.63, 3.8) is 0 Å². The number of hydrogen-bond donors (Lipinski definition) is 2. The number of anilines is 3. The van der Waals surface area contributed by atoms with Crippen molar-refractivity contribution in [2.45, 2.75) is 30.5 Å². The standard InChI is InChI=1S/C18H15F3N6O2/c1-22-14-11(18(19,20)21)7-23-16(25-14)24-13-6-12(26-27(13)10-2-3-10)17-5-4-9(17)8-29-15(17)28/h6-7,9-10H,2-3,8H2,1H3,(H2,22,23,24,25)/t9-,17-/m0/s1. The number of hydrogen-bond acceptors (Lipinski definition) is 7. The minimum atomic E-state index is -4.57. The zero-order valence-corrected chi connectivity index (χ0v) is 15.2. The van der Waals surface area contributed by atoms with E-state index in [-0.39, 0.29) is 30.3 Å². The van der Waals surface area contributed by atoms with Gasteiger partial charge in [-0.3, -0.25) is 0 Å². The van der Waals surface area contributed by atoms with Crippen LogP contribution in [0.25, 0.3) is 0 Å². The summed E-state index contributed by atoms with van der Waals surface area (Å²) in [6.45, 7) is 0.235. The fraction of sp³-hybridized carbons (Fsp3) is 0.444. The topological polar surface area (TPSA) is 94.0 Å². The molecule has 2 N–H and O–H groups in total. The summed E-state index contributed by atoms with van der Waals surface area (Å²) in [6, 6.07) is 1.82. The van der Waals surface area contributed by atoms with Crippen LogP contribution >= 0.6 is 0 Å². The van der Waals surface area contributed by atoms with E-state index in [2.05, 4.69) is 37.5 Å². The molecule has 0 unspecified atom stereocenters. The SMILES string of the molecule is CNc1nc(Nc2cc([C@]34C#C[C@H]3COC4=O)nn2C2CC2)ncc1C(F)(F)F. The lowest BCUT2D eigenvalue weighted by atomic mass is 9.69. The van der Waals surface area contributed by atoms with Crippen molar-refractivity contribution in [3.8, 4) is 11.8 Å². The Bertz CT molecular complexity index is 1080. The Labute approximate surface area is 162 Å². The minimum Gasteiger partial charge on any atom is -0.463 e. The minimum absolute atomic E-state index is 0.0153. The van der Waals surface area contributed by atoms with Crippen molar-refractivity contribution in [1.82, 2.24) is 19.7 Å². The first-order valence-electron chi connectivity index (χ1n) is 9.02. The van der Waals surface area contributed by atoms with E-state index in [1.807, 2.05) is 0 Å². The van der Waals surface area contributed by atoms with Crippen LogP contribution < -0.4 is 10.6 Å². The maximum absolute atomic E-state index is 13.1. The highest BCUT2D eigenvalue weighted by Crippen LogP contribution is 2.45. The first-order chi connectivity index (χ1) is 13.8. The number of carbonyl (C=O) groups is 1. The zero-order valence-electron chi connectivity index (χ0n) is 15.2. The third-order valence-corrected chi connectivity index (χ3v) is 5.27. The number of carbonyl (C=O) groups excluding carboxylic acids is 1. The van der Waals surface area contributed by atoms with E-state index >= 15 is 0 Å². The molecule has 11 heteroatoms. The number of aromatic nitrogens is 4. The summed E-state index contributed by atoms with van der Waals surface area (Å²) in [5.74, 6) is 5.32. The van der Waals surface area contributed by atoms with Gasteiger partial charge in [0.15, 0.2) is 5.41 Å². The number of nitrogens with one attached hydrogen (secondary N) is 2. The molecule has 0 radical (unpaired) electrons. The summed E-state index contributed by atoms with van der Waals surface area (Å²) in [5, 5.41) is 9.95. The molecule has 29 heavy (non-hydrogen) atoms. The van der Waals surface area contributed by atoms with E-state index in [1.165, 1.54) is 7.05 Å². The molecule has 2 aromatic rings. The largest absolute Gasteiger partial charge is 0.463 e. The first-order valence-corrected chi connectivity index (χ1v) is 9.02. The maximum Gasteiger partial charge on any atom is 0.421 e. The van der Waals surface area contributed by atoms with Crippen LogP contribution in [0.15, 0.2) is 12.3 Å². The fourth-order valence-electron chi connectivity index (χ4n) is 3.53. The van der Waals surface area contributed by atoms with Crippen LogP contribution in [-0.4, -0.2) is 39.4 Å². The van der Waals surface area contributed by atoms with Gasteiger partial charge in [0.05, 0.1) is 17.7 Å². The molecule has 2 aliphatic carbocycles. The van der Waals surface area contributed by atoms with E-state index in [0.29, 0.717) is 11.5 Å². The Morgan fingerprint density at radius 1 is 1.38 bits per heavy atom. The molecule has 0 aromatic carbocycles. The molecule has 1 aliphatic heterocycles. The molecule has 8 nitrogen and oxygen atoms in total. The smallest absolute Gasteiger partial charge is 0.421 e. The fourth-order valence-corrected chi connectivity index (χ4v) is 3.53. The molecule has 3 aliphatic rings. The van der Waals surface area contributed by atoms with Crippen molar-refractivity contribution < 1.29 is 22.7 Å². The van der Waals surface area contributed by atoms with E-state index in [0.717, 1.165) is 19.0 Å². The third-order valence-electron chi connectivity index (χ3n) is 5.27. The molecule has 0 amide bonds. The number of cyclic esters (lactones) is 1. The Balaban J connectivity index is 1.50. The molecule has 2 fully saturated rings. The average Bonchev–Trinajstić information content (AvgIpc) is 3.37. The number of esters is 1. The molecule has 150 valence electrons. The van der Waals surface area contributed by atoms with Gasteiger partial charge in [0.2, 0.25) is 5.95 Å². The van der Waals surface area contributed by atoms with Gasteiger partial charge < -0.3 is 15.4 Å². The van der Waals surface area contributed by atoms with Crippen LogP contribution in [0.2, 0.25) is 0 Å². The van der Waals surface area contributed by atoms with Gasteiger partial charge >= 0.3 is 12.1 Å². The lowest BCUT2D eigenvalue weighted by Crippen LogP contribution is -2.41. The van der Waals surface area contributed by atoms with Gasteiger partial charge in [0, 0.05) is 19.3 Å². The highest BCUT2D eigenvalue weighted by atomic mass is 19.4. The summed E-state index contributed by atoms with van der Waals surface area (Å²) >= 11 is 0. The van der Waals surface area contributed by atoms with Crippen molar-refractivity contribution in [2.24, 2.45) is 5.92 Å². The van der Waals surface area contributed by atoms with Crippen molar-refractivity contribution >= 4 is 23.6 Å². The van der Waals surface area contributed by atoms with Gasteiger partial charge in [-0.2, -0.15) is 23.3 Å². The van der Waals surface area contributed by atoms with E-state index in [9.17, 15) is 18.0 Å². The van der Waals surface area contributed by atoms with Gasteiger partial charge in [-0.1, -0.05) is 11.8 Å². The predicted molar refractivity (Wildman–Crippen MR) is 94.3 cm³/mol. The van der Waals surface area contributed by atoms with Crippen molar-refractivity contribution in [3.05, 3.63) is 23.5 Å². The molecular weight excluding hydrogens is 389 g/mol. The number of alkyl halides is 3. The molecular formula is C18H15F3N6O2. The molecule has 0 spiro atoms. The van der Waals surface area contributed by atoms with Gasteiger partial charge in [-0.15, -0.1) is 0 Å². The highest BCUT2D eigenvalue weighted by Gasteiger charge is 2.58. The first kappa shape index (κ1) is 17.8. The summed E-state index contributed by atoms with van der Waals surface area (Å²) in [6.07, 6.45) is -2.02. The summed E-state index contributed by atoms with van der Waals surface area (Å²) in [4.78, 5) is 20.0. The summed E-state index contributed by atoms with van der Waals surface area (Å²) in [7, 11) is 1.36. The van der Waals surface area contributed by atoms with Crippen molar-refractivity contribution in [2.75, 3.05) is 24.3 Å². The normalized spacial score (nSPS) is 24.8. The number of rotatable bonds is 5. The molecule has 2 atom stereocenters. The van der Waals surface area contributed by atoms with Crippen LogP contribution in [0.1, 0.15) is 30.1 Å². The Morgan fingerprint density at radius 3 is 2.76 bits per heavy atom. The van der Waals surface area contributed by atoms with Gasteiger partial charge in [-0.05, 0) is 12.8 Å². The number of ether oxygens (including phenoxy) is 1. The second kappa shape index (κ2) is 5.85. The van der Waals surface area contributed by atoms with E-state index in [1.54, 1.807) is 10.7 Å². The second-order valence-electron chi connectivity index (χ2n) is 7.15. The monoisotopic (exact) mass is 404 g/mol. The molecule has 1 saturated carbocycles. The van der Waals surface area contributed by atoms with Gasteiger partial charge in [0.1, 0.15) is 23.8 Å². The second-order valence-corrected chi connectivity index (χ2v) is 7.15. The van der Waals surface area contributed by atoms with Crippen LogP contribution in [0.3, 0.4) is 0 Å². The summed E-state index contributed by atoms with van der Waals surface area (Å²) in [5.41, 5.74) is -1.55. The quantitative estimate of drug-likeness (QED) is 0.583. The van der Waals surface area contributed by atoms with Gasteiger partial charge in [0.25, 0.3) is 0 Å². The van der Waals surface area contributed by atoms with Crippen LogP contribution in [-0.2, 0) is 21.1 Å². The lowest BCUT2D eigenvalue weighted by Gasteiger charge is -2.25. The highest BCUT2D eigenvalue weighted by molar-refractivity contribution is 5.92. The van der Waals surface area contributed by atoms with Crippen LogP contribution in [0.5, 0.6) is 0 Å². The maximum atomic E-state index is 13.1. The number of fused-ring (bicyclic) bond motifs is 1. The molecule has 1 saturated heterocycles. The van der Waals surface area contributed by atoms with Crippen molar-refractivity contribution in [1.29, 1.82) is 0 Å². The Morgan fingerprint density at radius 2 is 2.17 bits per heavy atom. The predicted octanol–water partition coefficient (Wildman–Crippen LogP) is 2.24. The molecule has 3 heterocycles.